The van der Waals surface area contributed by atoms with E-state index in [0.29, 0.717) is 6.42 Å². The zero-order valence-electron chi connectivity index (χ0n) is 15.2. The van der Waals surface area contributed by atoms with Crippen molar-refractivity contribution in [2.45, 2.75) is 32.6 Å². The Morgan fingerprint density at radius 1 is 1.24 bits per heavy atom. The van der Waals surface area contributed by atoms with Crippen molar-refractivity contribution in [3.8, 4) is 5.75 Å². The topological polar surface area (TPSA) is 53.6 Å². The van der Waals surface area contributed by atoms with E-state index in [4.69, 9.17) is 4.74 Å². The fourth-order valence-electron chi connectivity index (χ4n) is 2.83. The number of benzene rings is 1. The van der Waals surface area contributed by atoms with Crippen LogP contribution < -0.4 is 15.4 Å². The Morgan fingerprint density at radius 2 is 1.96 bits per heavy atom. The van der Waals surface area contributed by atoms with Gasteiger partial charge in [-0.3, -0.25) is 9.69 Å². The molecule has 1 aliphatic heterocycles. The summed E-state index contributed by atoms with van der Waals surface area (Å²) in [5.41, 5.74) is 1.89. The molecule has 2 rings (SSSR count). The minimum absolute atomic E-state index is 0. The van der Waals surface area contributed by atoms with Gasteiger partial charge < -0.3 is 15.4 Å². The average molecular weight is 392 g/mol. The monoisotopic (exact) mass is 391 g/mol. The molecule has 0 aliphatic carbocycles. The number of nitrogens with one attached hydrogen (secondary N) is 2. The molecule has 0 atom stereocenters. The molecule has 0 unspecified atom stereocenters. The highest BCUT2D eigenvalue weighted by Crippen LogP contribution is 2.22. The van der Waals surface area contributed by atoms with Crippen molar-refractivity contribution in [3.63, 3.8) is 0 Å². The predicted molar refractivity (Wildman–Crippen MR) is 109 cm³/mol. The zero-order chi connectivity index (χ0) is 16.5. The summed E-state index contributed by atoms with van der Waals surface area (Å²) >= 11 is 0. The summed E-state index contributed by atoms with van der Waals surface area (Å²) in [4.78, 5) is 14.3. The Labute approximate surface area is 163 Å². The molecule has 2 N–H and O–H groups in total. The largest absolute Gasteiger partial charge is 0.492 e. The Bertz CT molecular complexity index is 509. The molecule has 1 amide bonds. The summed E-state index contributed by atoms with van der Waals surface area (Å²) in [5, 5.41) is 5.98. The number of amides is 1. The Kier molecular flexibility index (Phi) is 12.7. The normalized spacial score (nSPS) is 13.7. The van der Waals surface area contributed by atoms with Gasteiger partial charge in [0, 0.05) is 18.7 Å². The van der Waals surface area contributed by atoms with Crippen LogP contribution in [0.25, 0.3) is 0 Å². The smallest absolute Gasteiger partial charge is 0.224 e. The number of hydrogen-bond acceptors (Lipinski definition) is 4. The summed E-state index contributed by atoms with van der Waals surface area (Å²) in [6.07, 6.45) is 4.00. The molecule has 0 radical (unpaired) electrons. The van der Waals surface area contributed by atoms with Crippen LogP contribution in [-0.4, -0.2) is 50.6 Å². The van der Waals surface area contributed by atoms with Crippen LogP contribution >= 0.6 is 24.8 Å². The number of rotatable bonds is 9. The quantitative estimate of drug-likeness (QED) is 0.634. The van der Waals surface area contributed by atoms with E-state index in [9.17, 15) is 4.79 Å². The van der Waals surface area contributed by atoms with Gasteiger partial charge in [-0.05, 0) is 76.6 Å². The van der Waals surface area contributed by atoms with Gasteiger partial charge in [0.05, 0.1) is 0 Å². The fourth-order valence-corrected chi connectivity index (χ4v) is 2.83. The first-order valence-corrected chi connectivity index (χ1v) is 8.59. The van der Waals surface area contributed by atoms with Gasteiger partial charge in [-0.15, -0.1) is 24.8 Å². The van der Waals surface area contributed by atoms with Crippen LogP contribution in [0.5, 0.6) is 5.75 Å². The number of aryl methyl sites for hydroxylation is 1. The molecule has 1 aliphatic rings. The van der Waals surface area contributed by atoms with Crippen LogP contribution in [-0.2, 0) is 4.79 Å². The standard InChI is InChI=1S/C18H29N3O2.2ClH/c1-15-14-16(20-18(22)6-5-9-19-2)7-8-17(15)23-13-12-21-10-3-4-11-21;;/h7-8,14,19H,3-6,9-13H2,1-2H3,(H,20,22);2*1H. The van der Waals surface area contributed by atoms with Crippen molar-refractivity contribution in [3.05, 3.63) is 23.8 Å². The van der Waals surface area contributed by atoms with Gasteiger partial charge in [0.25, 0.3) is 0 Å². The van der Waals surface area contributed by atoms with Crippen molar-refractivity contribution >= 4 is 36.4 Å². The maximum absolute atomic E-state index is 11.8. The molecular weight excluding hydrogens is 361 g/mol. The third-order valence-electron chi connectivity index (χ3n) is 4.15. The minimum atomic E-state index is 0. The van der Waals surface area contributed by atoms with Crippen molar-refractivity contribution in [1.29, 1.82) is 0 Å². The molecule has 1 fully saturated rings. The number of halogens is 2. The molecule has 1 heterocycles. The van der Waals surface area contributed by atoms with Crippen LogP contribution in [0.3, 0.4) is 0 Å². The fraction of sp³-hybridized carbons (Fsp3) is 0.611. The van der Waals surface area contributed by atoms with E-state index in [-0.39, 0.29) is 30.7 Å². The van der Waals surface area contributed by atoms with Crippen molar-refractivity contribution < 1.29 is 9.53 Å². The van der Waals surface area contributed by atoms with Crippen molar-refractivity contribution in [2.75, 3.05) is 45.2 Å². The van der Waals surface area contributed by atoms with E-state index in [1.165, 1.54) is 25.9 Å². The number of carbonyl (C=O) groups is 1. The van der Waals surface area contributed by atoms with E-state index in [2.05, 4.69) is 15.5 Å². The van der Waals surface area contributed by atoms with Crippen LogP contribution in [0, 0.1) is 6.92 Å². The molecule has 0 aromatic heterocycles. The SMILES string of the molecule is CNCCCC(=O)Nc1ccc(OCCN2CCCC2)c(C)c1.Cl.Cl. The minimum Gasteiger partial charge on any atom is -0.492 e. The van der Waals surface area contributed by atoms with Gasteiger partial charge in [0.2, 0.25) is 5.91 Å². The number of carbonyl (C=O) groups excluding carboxylic acids is 1. The van der Waals surface area contributed by atoms with Crippen molar-refractivity contribution in [2.24, 2.45) is 0 Å². The highest BCUT2D eigenvalue weighted by Gasteiger charge is 2.11. The summed E-state index contributed by atoms with van der Waals surface area (Å²) in [6, 6.07) is 5.83. The van der Waals surface area contributed by atoms with Gasteiger partial charge in [-0.2, -0.15) is 0 Å². The lowest BCUT2D eigenvalue weighted by atomic mass is 10.2. The summed E-state index contributed by atoms with van der Waals surface area (Å²) in [7, 11) is 1.89. The first-order chi connectivity index (χ1) is 11.2. The van der Waals surface area contributed by atoms with Gasteiger partial charge in [-0.1, -0.05) is 0 Å². The van der Waals surface area contributed by atoms with E-state index >= 15 is 0 Å². The average Bonchev–Trinajstić information content (AvgIpc) is 3.03. The molecule has 1 aromatic rings. The molecule has 1 aromatic carbocycles. The number of hydrogen-bond donors (Lipinski definition) is 2. The molecule has 0 spiro atoms. The second-order valence-corrected chi connectivity index (χ2v) is 6.13. The first kappa shape index (κ1) is 24.0. The highest BCUT2D eigenvalue weighted by molar-refractivity contribution is 5.90. The molecular formula is C18H31Cl2N3O2. The molecule has 7 heteroatoms. The van der Waals surface area contributed by atoms with Crippen molar-refractivity contribution in [1.82, 2.24) is 10.2 Å². The maximum atomic E-state index is 11.8. The van der Waals surface area contributed by atoms with Gasteiger partial charge in [0.15, 0.2) is 0 Å². The van der Waals surface area contributed by atoms with E-state index in [1.807, 2.05) is 32.2 Å². The molecule has 144 valence electrons. The highest BCUT2D eigenvalue weighted by atomic mass is 35.5. The molecule has 5 nitrogen and oxygen atoms in total. The second-order valence-electron chi connectivity index (χ2n) is 6.13. The summed E-state index contributed by atoms with van der Waals surface area (Å²) in [6.45, 7) is 6.97. The zero-order valence-corrected chi connectivity index (χ0v) is 16.8. The lowest BCUT2D eigenvalue weighted by Gasteiger charge is -2.16. The third kappa shape index (κ3) is 8.77. The van der Waals surface area contributed by atoms with Crippen LogP contribution in [0.2, 0.25) is 0 Å². The summed E-state index contributed by atoms with van der Waals surface area (Å²) < 4.78 is 5.88. The maximum Gasteiger partial charge on any atom is 0.224 e. The Balaban J connectivity index is 0.00000288. The van der Waals surface area contributed by atoms with E-state index in [0.717, 1.165) is 43.1 Å². The van der Waals surface area contributed by atoms with Crippen LogP contribution in [0.4, 0.5) is 5.69 Å². The number of nitrogens with zero attached hydrogens (tertiary/aromatic N) is 1. The van der Waals surface area contributed by atoms with Gasteiger partial charge >= 0.3 is 0 Å². The second kappa shape index (κ2) is 13.2. The predicted octanol–water partition coefficient (Wildman–Crippen LogP) is 3.25. The third-order valence-corrected chi connectivity index (χ3v) is 4.15. The molecule has 25 heavy (non-hydrogen) atoms. The van der Waals surface area contributed by atoms with E-state index in [1.54, 1.807) is 0 Å². The van der Waals surface area contributed by atoms with Crippen LogP contribution in [0.15, 0.2) is 18.2 Å². The van der Waals surface area contributed by atoms with Gasteiger partial charge in [0.1, 0.15) is 12.4 Å². The lowest BCUT2D eigenvalue weighted by molar-refractivity contribution is -0.116. The van der Waals surface area contributed by atoms with Gasteiger partial charge in [-0.25, -0.2) is 0 Å². The summed E-state index contributed by atoms with van der Waals surface area (Å²) in [5.74, 6) is 0.958. The van der Waals surface area contributed by atoms with E-state index < -0.39 is 0 Å². The number of anilines is 1. The molecule has 1 saturated heterocycles. The number of likely N-dealkylation sites (tertiary alicyclic amines) is 1. The first-order valence-electron chi connectivity index (χ1n) is 8.59. The Morgan fingerprint density at radius 3 is 2.60 bits per heavy atom. The lowest BCUT2D eigenvalue weighted by Crippen LogP contribution is -2.25. The Hall–Kier alpha value is -1.01. The molecule has 0 saturated carbocycles. The van der Waals surface area contributed by atoms with Crippen LogP contribution in [0.1, 0.15) is 31.2 Å². The number of ether oxygens (including phenoxy) is 1. The molecule has 0 bridgehead atoms.